The minimum atomic E-state index is -4.67. The maximum Gasteiger partial charge on any atom is 0.418 e. The summed E-state index contributed by atoms with van der Waals surface area (Å²) >= 11 is 0. The van der Waals surface area contributed by atoms with Crippen molar-refractivity contribution < 1.29 is 22.9 Å². The highest BCUT2D eigenvalue weighted by Gasteiger charge is 2.33. The van der Waals surface area contributed by atoms with Gasteiger partial charge in [0.25, 0.3) is 11.2 Å². The fraction of sp³-hybridized carbons (Fsp3) is 0.100. The van der Waals surface area contributed by atoms with Gasteiger partial charge in [0.1, 0.15) is 23.9 Å². The Morgan fingerprint density at radius 3 is 2.55 bits per heavy atom. The predicted molar refractivity (Wildman–Crippen MR) is 110 cm³/mol. The van der Waals surface area contributed by atoms with Gasteiger partial charge >= 0.3 is 6.18 Å². The molecular weight excluding hydrogens is 445 g/mol. The summed E-state index contributed by atoms with van der Waals surface area (Å²) < 4.78 is 41.4. The van der Waals surface area contributed by atoms with Crippen LogP contribution in [0.4, 0.5) is 24.5 Å². The Balaban J connectivity index is 1.64. The molecule has 10 nitrogen and oxygen atoms in total. The van der Waals surface area contributed by atoms with Crippen molar-refractivity contribution in [2.24, 2.45) is 0 Å². The number of hydrogen-bond donors (Lipinski definition) is 1. The van der Waals surface area contributed by atoms with Crippen LogP contribution in [0.5, 0.6) is 0 Å². The Kier molecular flexibility index (Phi) is 5.37. The fourth-order valence-electron chi connectivity index (χ4n) is 3.22. The number of benzene rings is 2. The summed E-state index contributed by atoms with van der Waals surface area (Å²) in [5.74, 6) is -0.874. The fourth-order valence-corrected chi connectivity index (χ4v) is 3.22. The molecule has 168 valence electrons. The normalized spacial score (nSPS) is 11.5. The van der Waals surface area contributed by atoms with Crippen LogP contribution in [-0.2, 0) is 17.5 Å². The van der Waals surface area contributed by atoms with E-state index in [9.17, 15) is 32.9 Å². The molecule has 0 aliphatic heterocycles. The van der Waals surface area contributed by atoms with Crippen molar-refractivity contribution in [1.82, 2.24) is 19.3 Å². The summed E-state index contributed by atoms with van der Waals surface area (Å²) in [6.45, 7) is -0.607. The number of nitrogens with one attached hydrogen (secondary N) is 1. The first-order valence-corrected chi connectivity index (χ1v) is 9.30. The SMILES string of the molecule is O=C(Cn1cnc2c(cnn2-c2ccccc2[N+](=O)[O-])c1=O)Nc1ccccc1C(F)(F)F. The number of aromatic nitrogens is 4. The van der Waals surface area contributed by atoms with Crippen LogP contribution in [-0.4, -0.2) is 30.2 Å². The number of hydrogen-bond acceptors (Lipinski definition) is 6. The second kappa shape index (κ2) is 8.18. The maximum atomic E-state index is 13.1. The van der Waals surface area contributed by atoms with E-state index in [0.29, 0.717) is 0 Å². The van der Waals surface area contributed by atoms with Gasteiger partial charge in [-0.15, -0.1) is 0 Å². The molecule has 33 heavy (non-hydrogen) atoms. The first-order chi connectivity index (χ1) is 15.7. The molecular formula is C20H13F3N6O4. The Hall–Kier alpha value is -4.55. The average molecular weight is 458 g/mol. The van der Waals surface area contributed by atoms with Crippen LogP contribution in [0.25, 0.3) is 16.7 Å². The molecule has 2 aromatic carbocycles. The molecule has 0 spiro atoms. The van der Waals surface area contributed by atoms with E-state index in [1.165, 1.54) is 30.3 Å². The quantitative estimate of drug-likeness (QED) is 0.362. The molecule has 2 heterocycles. The Morgan fingerprint density at radius 2 is 1.82 bits per heavy atom. The highest BCUT2D eigenvalue weighted by Crippen LogP contribution is 2.34. The van der Waals surface area contributed by atoms with Crippen molar-refractivity contribution >= 4 is 28.3 Å². The lowest BCUT2D eigenvalue weighted by molar-refractivity contribution is -0.384. The van der Waals surface area contributed by atoms with Gasteiger partial charge in [-0.25, -0.2) is 9.67 Å². The molecule has 0 aliphatic rings. The van der Waals surface area contributed by atoms with E-state index >= 15 is 0 Å². The van der Waals surface area contributed by atoms with Crippen LogP contribution in [0.2, 0.25) is 0 Å². The summed E-state index contributed by atoms with van der Waals surface area (Å²) in [7, 11) is 0. The topological polar surface area (TPSA) is 125 Å². The van der Waals surface area contributed by atoms with Gasteiger partial charge in [-0.3, -0.25) is 24.3 Å². The predicted octanol–water partition coefficient (Wildman–Crippen LogP) is 3.15. The van der Waals surface area contributed by atoms with E-state index < -0.39 is 40.4 Å². The molecule has 0 radical (unpaired) electrons. The Bertz CT molecular complexity index is 1440. The van der Waals surface area contributed by atoms with Gasteiger partial charge in [-0.1, -0.05) is 24.3 Å². The second-order valence-electron chi connectivity index (χ2n) is 6.81. The number of anilines is 1. The average Bonchev–Trinajstić information content (AvgIpc) is 3.20. The molecule has 2 aromatic heterocycles. The van der Waals surface area contributed by atoms with Gasteiger partial charge in [0.15, 0.2) is 5.65 Å². The number of amides is 1. The van der Waals surface area contributed by atoms with Gasteiger partial charge in [-0.05, 0) is 18.2 Å². The zero-order valence-electron chi connectivity index (χ0n) is 16.5. The number of halogens is 3. The van der Waals surface area contributed by atoms with Crippen LogP contribution in [0.1, 0.15) is 5.56 Å². The zero-order valence-corrected chi connectivity index (χ0v) is 16.5. The summed E-state index contributed by atoms with van der Waals surface area (Å²) in [5, 5.41) is 17.4. The van der Waals surface area contributed by atoms with Crippen molar-refractivity contribution in [2.75, 3.05) is 5.32 Å². The van der Waals surface area contributed by atoms with Crippen LogP contribution in [0.3, 0.4) is 0 Å². The minimum absolute atomic E-state index is 0.0216. The smallest absolute Gasteiger partial charge is 0.324 e. The largest absolute Gasteiger partial charge is 0.418 e. The number of alkyl halides is 3. The van der Waals surface area contributed by atoms with Crippen LogP contribution in [0, 0.1) is 10.1 Å². The third-order valence-corrected chi connectivity index (χ3v) is 4.68. The van der Waals surface area contributed by atoms with Crippen LogP contribution >= 0.6 is 0 Å². The molecule has 13 heteroatoms. The van der Waals surface area contributed by atoms with Gasteiger partial charge in [-0.2, -0.15) is 18.3 Å². The van der Waals surface area contributed by atoms with Crippen molar-refractivity contribution in [3.8, 4) is 5.69 Å². The summed E-state index contributed by atoms with van der Waals surface area (Å²) in [4.78, 5) is 39.9. The van der Waals surface area contributed by atoms with Gasteiger partial charge in [0.2, 0.25) is 5.91 Å². The molecule has 4 rings (SSSR count). The first-order valence-electron chi connectivity index (χ1n) is 9.30. The lowest BCUT2D eigenvalue weighted by Gasteiger charge is -2.13. The van der Waals surface area contributed by atoms with E-state index in [-0.39, 0.29) is 22.4 Å². The number of nitro benzene ring substituents is 1. The van der Waals surface area contributed by atoms with E-state index in [4.69, 9.17) is 0 Å². The van der Waals surface area contributed by atoms with E-state index in [2.05, 4.69) is 15.4 Å². The number of carbonyl (C=O) groups excluding carboxylic acids is 1. The molecule has 1 N–H and O–H groups in total. The second-order valence-corrected chi connectivity index (χ2v) is 6.81. The maximum absolute atomic E-state index is 13.1. The van der Waals surface area contributed by atoms with Gasteiger partial charge in [0.05, 0.1) is 22.4 Å². The minimum Gasteiger partial charge on any atom is -0.324 e. The molecule has 0 aliphatic carbocycles. The zero-order chi connectivity index (χ0) is 23.8. The molecule has 1 amide bonds. The number of para-hydroxylation sites is 3. The number of fused-ring (bicyclic) bond motifs is 1. The van der Waals surface area contributed by atoms with Crippen LogP contribution < -0.4 is 10.9 Å². The number of nitro groups is 1. The third-order valence-electron chi connectivity index (χ3n) is 4.68. The highest BCUT2D eigenvalue weighted by atomic mass is 19.4. The standard InChI is InChI=1S/C20H13F3N6O4/c21-20(22,23)13-5-1-2-6-14(13)26-17(30)10-27-11-24-18-12(19(27)31)9-25-28(18)15-7-3-4-8-16(15)29(32)33/h1-9,11H,10H2,(H,26,30). The van der Waals surface area contributed by atoms with Gasteiger partial charge in [0, 0.05) is 6.07 Å². The summed E-state index contributed by atoms with van der Waals surface area (Å²) in [5.41, 5.74) is -2.30. The van der Waals surface area contributed by atoms with E-state index in [1.54, 1.807) is 6.07 Å². The number of carbonyl (C=O) groups is 1. The third kappa shape index (κ3) is 4.15. The Labute approximate surface area is 182 Å². The lowest BCUT2D eigenvalue weighted by Crippen LogP contribution is -2.28. The molecule has 4 aromatic rings. The monoisotopic (exact) mass is 458 g/mol. The molecule has 0 saturated heterocycles. The van der Waals surface area contributed by atoms with Crippen molar-refractivity contribution in [3.63, 3.8) is 0 Å². The van der Waals surface area contributed by atoms with Crippen molar-refractivity contribution in [2.45, 2.75) is 12.7 Å². The van der Waals surface area contributed by atoms with Crippen LogP contribution in [0.15, 0.2) is 65.8 Å². The summed E-state index contributed by atoms with van der Waals surface area (Å²) in [6, 6.07) is 10.2. The van der Waals surface area contributed by atoms with E-state index in [0.717, 1.165) is 33.9 Å². The molecule has 0 unspecified atom stereocenters. The van der Waals surface area contributed by atoms with Gasteiger partial charge < -0.3 is 5.32 Å². The molecule has 0 bridgehead atoms. The van der Waals surface area contributed by atoms with Crippen molar-refractivity contribution in [3.05, 3.63) is 87.1 Å². The number of rotatable bonds is 5. The first kappa shape index (κ1) is 21.7. The Morgan fingerprint density at radius 1 is 1.12 bits per heavy atom. The highest BCUT2D eigenvalue weighted by molar-refractivity contribution is 5.91. The molecule has 0 atom stereocenters. The lowest BCUT2D eigenvalue weighted by atomic mass is 10.1. The molecule has 0 fully saturated rings. The molecule has 0 saturated carbocycles. The van der Waals surface area contributed by atoms with Crippen molar-refractivity contribution in [1.29, 1.82) is 0 Å². The number of nitrogens with zero attached hydrogens (tertiary/aromatic N) is 5. The summed E-state index contributed by atoms with van der Waals surface area (Å²) in [6.07, 6.45) is -2.50. The van der Waals surface area contributed by atoms with E-state index in [1.807, 2.05) is 0 Å².